The van der Waals surface area contributed by atoms with Gasteiger partial charge in [0.05, 0.1) is 16.1 Å². The van der Waals surface area contributed by atoms with E-state index in [4.69, 9.17) is 0 Å². The monoisotopic (exact) mass is 531 g/mol. The number of nitro groups is 1. The molecule has 3 saturated heterocycles. The fraction of sp³-hybridized carbons (Fsp3) is 0.464. The zero-order valence-electron chi connectivity index (χ0n) is 22.1. The maximum Gasteiger partial charge on any atom is 0.329 e. The Kier molecular flexibility index (Phi) is 6.68. The molecule has 6 rings (SSSR count). The van der Waals surface area contributed by atoms with Crippen molar-refractivity contribution in [2.75, 3.05) is 42.5 Å². The highest BCUT2D eigenvalue weighted by atomic mass is 16.6. The van der Waals surface area contributed by atoms with Crippen molar-refractivity contribution in [2.45, 2.75) is 44.1 Å². The summed E-state index contributed by atoms with van der Waals surface area (Å²) < 4.78 is 1.85. The second-order valence-electron chi connectivity index (χ2n) is 10.8. The van der Waals surface area contributed by atoms with Crippen molar-refractivity contribution in [1.29, 1.82) is 0 Å². The molecule has 1 N–H and O–H groups in total. The minimum Gasteiger partial charge on any atom is -0.370 e. The number of carbonyl (C=O) groups is 2. The Labute approximate surface area is 226 Å². The highest BCUT2D eigenvalue weighted by molar-refractivity contribution is 6.10. The Morgan fingerprint density at radius 1 is 0.949 bits per heavy atom. The first-order valence-corrected chi connectivity index (χ1v) is 13.7. The topological polar surface area (TPSA) is 117 Å². The van der Waals surface area contributed by atoms with E-state index in [0.717, 1.165) is 68.5 Å². The summed E-state index contributed by atoms with van der Waals surface area (Å²) in [6.07, 6.45) is 4.58. The van der Waals surface area contributed by atoms with Gasteiger partial charge < -0.3 is 9.80 Å². The smallest absolute Gasteiger partial charge is 0.329 e. The fourth-order valence-electron chi connectivity index (χ4n) is 6.46. The summed E-state index contributed by atoms with van der Waals surface area (Å²) in [4.78, 5) is 41.3. The number of non-ortho nitro benzene ring substituents is 1. The molecule has 0 unspecified atom stereocenters. The van der Waals surface area contributed by atoms with Crippen molar-refractivity contribution in [2.24, 2.45) is 7.05 Å². The van der Waals surface area contributed by atoms with Gasteiger partial charge in [-0.05, 0) is 62.4 Å². The molecule has 3 fully saturated rings. The number of fused-ring (bicyclic) bond motifs is 1. The molecule has 3 aliphatic heterocycles. The van der Waals surface area contributed by atoms with Crippen LogP contribution in [0.25, 0.3) is 10.9 Å². The highest BCUT2D eigenvalue weighted by Crippen LogP contribution is 2.36. The molecular weight excluding hydrogens is 498 g/mol. The van der Waals surface area contributed by atoms with Crippen molar-refractivity contribution < 1.29 is 14.5 Å². The van der Waals surface area contributed by atoms with Crippen LogP contribution in [0.5, 0.6) is 0 Å². The highest BCUT2D eigenvalue weighted by Gasteiger charge is 2.32. The van der Waals surface area contributed by atoms with Crippen LogP contribution in [-0.2, 0) is 11.8 Å². The first-order valence-electron chi connectivity index (χ1n) is 13.7. The summed E-state index contributed by atoms with van der Waals surface area (Å²) in [7, 11) is 1.91. The molecule has 204 valence electrons. The minimum absolute atomic E-state index is 0.148. The number of amides is 3. The molecule has 0 radical (unpaired) electrons. The number of benzene rings is 2. The molecule has 0 bridgehead atoms. The van der Waals surface area contributed by atoms with Crippen LogP contribution in [0.1, 0.15) is 43.6 Å². The molecule has 1 aromatic heterocycles. The van der Waals surface area contributed by atoms with Gasteiger partial charge in [0.15, 0.2) is 5.82 Å². The number of anilines is 2. The molecule has 11 nitrogen and oxygen atoms in total. The number of nitrogens with one attached hydrogen (secondary N) is 1. The van der Waals surface area contributed by atoms with Gasteiger partial charge in [-0.3, -0.25) is 29.8 Å². The summed E-state index contributed by atoms with van der Waals surface area (Å²) in [5, 5.41) is 18.9. The lowest BCUT2D eigenvalue weighted by molar-refractivity contribution is -0.384. The number of para-hydroxylation sites is 1. The van der Waals surface area contributed by atoms with Crippen molar-refractivity contribution >= 4 is 40.0 Å². The van der Waals surface area contributed by atoms with E-state index < -0.39 is 6.03 Å². The lowest BCUT2D eigenvalue weighted by atomic mass is 9.88. The van der Waals surface area contributed by atoms with Crippen LogP contribution in [0.15, 0.2) is 42.5 Å². The van der Waals surface area contributed by atoms with Crippen LogP contribution in [0, 0.1) is 10.1 Å². The predicted molar refractivity (Wildman–Crippen MR) is 148 cm³/mol. The summed E-state index contributed by atoms with van der Waals surface area (Å²) in [6, 6.07) is 13.3. The number of nitro benzene ring substituents is 1. The zero-order chi connectivity index (χ0) is 27.1. The van der Waals surface area contributed by atoms with Crippen molar-refractivity contribution in [1.82, 2.24) is 20.0 Å². The summed E-state index contributed by atoms with van der Waals surface area (Å²) in [5.41, 5.74) is 3.47. The average Bonchev–Trinajstić information content (AvgIpc) is 3.29. The van der Waals surface area contributed by atoms with Gasteiger partial charge in [0.25, 0.3) is 5.69 Å². The molecular formula is C28H33N7O4. The number of hydrogen-bond acceptors (Lipinski definition) is 7. The molecule has 2 aromatic carbocycles. The van der Waals surface area contributed by atoms with Gasteiger partial charge >= 0.3 is 6.03 Å². The number of rotatable bonds is 5. The van der Waals surface area contributed by atoms with Gasteiger partial charge in [-0.25, -0.2) is 4.79 Å². The number of aromatic nitrogens is 2. The number of likely N-dealkylation sites (tertiary alicyclic amines) is 1. The quantitative estimate of drug-likeness (QED) is 0.393. The van der Waals surface area contributed by atoms with Crippen molar-refractivity contribution in [3.8, 4) is 0 Å². The van der Waals surface area contributed by atoms with Gasteiger partial charge in [0.1, 0.15) is 0 Å². The Morgan fingerprint density at radius 3 is 2.33 bits per heavy atom. The second kappa shape index (κ2) is 10.3. The van der Waals surface area contributed by atoms with E-state index in [2.05, 4.69) is 26.3 Å². The normalized spacial score (nSPS) is 20.0. The number of aryl methyl sites for hydroxylation is 1. The first kappa shape index (κ1) is 25.3. The molecule has 11 heteroatoms. The number of imide groups is 1. The number of urea groups is 1. The third-order valence-corrected chi connectivity index (χ3v) is 8.56. The number of carbonyl (C=O) groups excluding carboxylic acids is 2. The van der Waals surface area contributed by atoms with Gasteiger partial charge in [-0.1, -0.05) is 18.2 Å². The number of hydrogen-bond donors (Lipinski definition) is 1. The Hall–Kier alpha value is -3.99. The molecule has 0 atom stereocenters. The van der Waals surface area contributed by atoms with E-state index in [1.165, 1.54) is 5.56 Å². The van der Waals surface area contributed by atoms with Crippen LogP contribution in [-0.4, -0.2) is 70.3 Å². The summed E-state index contributed by atoms with van der Waals surface area (Å²) in [5.74, 6) is 0.791. The van der Waals surface area contributed by atoms with E-state index >= 15 is 0 Å². The van der Waals surface area contributed by atoms with E-state index in [9.17, 15) is 19.7 Å². The Balaban J connectivity index is 1.10. The van der Waals surface area contributed by atoms with Crippen LogP contribution >= 0.6 is 0 Å². The van der Waals surface area contributed by atoms with E-state index in [-0.39, 0.29) is 22.9 Å². The number of piperidine rings is 2. The van der Waals surface area contributed by atoms with Crippen LogP contribution in [0.2, 0.25) is 0 Å². The molecule has 3 aromatic rings. The second-order valence-corrected chi connectivity index (χ2v) is 10.8. The molecule has 0 spiro atoms. The van der Waals surface area contributed by atoms with Crippen LogP contribution in [0.3, 0.4) is 0 Å². The third-order valence-electron chi connectivity index (χ3n) is 8.56. The maximum atomic E-state index is 12.5. The first-order chi connectivity index (χ1) is 18.9. The fourth-order valence-corrected chi connectivity index (χ4v) is 6.46. The predicted octanol–water partition coefficient (Wildman–Crippen LogP) is 3.78. The van der Waals surface area contributed by atoms with Crippen molar-refractivity contribution in [3.63, 3.8) is 0 Å². The van der Waals surface area contributed by atoms with Crippen LogP contribution in [0.4, 0.5) is 22.0 Å². The molecule has 3 aliphatic rings. The molecule has 0 saturated carbocycles. The van der Waals surface area contributed by atoms with E-state index in [1.54, 1.807) is 17.0 Å². The lowest BCUT2D eigenvalue weighted by Crippen LogP contribution is -2.49. The zero-order valence-corrected chi connectivity index (χ0v) is 22.1. The SMILES string of the molecule is Cn1nc(N2CCC(=O)NC2=O)c2cccc(N3CCC(N4CCC(c5ccc([N+](=O)[O-])cc5)CC4)CC3)c21. The third kappa shape index (κ3) is 4.82. The van der Waals surface area contributed by atoms with Gasteiger partial charge in [-0.15, -0.1) is 0 Å². The molecule has 3 amide bonds. The largest absolute Gasteiger partial charge is 0.370 e. The van der Waals surface area contributed by atoms with Crippen LogP contribution < -0.4 is 15.1 Å². The Bertz CT molecular complexity index is 1400. The average molecular weight is 532 g/mol. The van der Waals surface area contributed by atoms with Gasteiger partial charge in [0, 0.05) is 56.7 Å². The standard InChI is InChI=1S/C28H33N7O4/c1-31-26-23(27(30-31)34-18-13-25(36)29-28(34)37)3-2-4-24(26)33-16-11-21(12-17-33)32-14-9-20(10-15-32)19-5-7-22(8-6-19)35(38)39/h2-8,20-21H,9-18H2,1H3,(H,29,36,37). The van der Waals surface area contributed by atoms with E-state index in [1.807, 2.05) is 36.0 Å². The number of nitrogens with zero attached hydrogens (tertiary/aromatic N) is 6. The van der Waals surface area contributed by atoms with Gasteiger partial charge in [-0.2, -0.15) is 5.10 Å². The Morgan fingerprint density at radius 2 is 1.67 bits per heavy atom. The van der Waals surface area contributed by atoms with E-state index in [0.29, 0.717) is 24.3 Å². The van der Waals surface area contributed by atoms with Gasteiger partial charge in [0.2, 0.25) is 5.91 Å². The summed E-state index contributed by atoms with van der Waals surface area (Å²) >= 11 is 0. The maximum absolute atomic E-state index is 12.5. The molecule has 4 heterocycles. The summed E-state index contributed by atoms with van der Waals surface area (Å²) in [6.45, 7) is 4.32. The minimum atomic E-state index is -0.421. The molecule has 0 aliphatic carbocycles. The molecule has 39 heavy (non-hydrogen) atoms. The lowest BCUT2D eigenvalue weighted by Gasteiger charge is -2.42. The van der Waals surface area contributed by atoms with Crippen molar-refractivity contribution in [3.05, 3.63) is 58.1 Å².